The summed E-state index contributed by atoms with van der Waals surface area (Å²) in [6, 6.07) is -0.638. The summed E-state index contributed by atoms with van der Waals surface area (Å²) in [7, 11) is 1.26. The smallest absolute Gasteiger partial charge is 0.358 e. The zero-order valence-electron chi connectivity index (χ0n) is 11.4. The van der Waals surface area contributed by atoms with Gasteiger partial charge < -0.3 is 14.7 Å². The molecule has 2 rings (SSSR count). The topological polar surface area (TPSA) is 92.6 Å². The molecular weight excluding hydrogens is 262 g/mol. The van der Waals surface area contributed by atoms with Crippen molar-refractivity contribution < 1.29 is 19.4 Å². The minimum atomic E-state index is -0.887. The van der Waals surface area contributed by atoms with E-state index in [1.54, 1.807) is 4.90 Å². The molecule has 2 heterocycles. The van der Waals surface area contributed by atoms with Gasteiger partial charge in [-0.25, -0.2) is 14.6 Å². The molecule has 0 bridgehead atoms. The number of nitrogens with zero attached hydrogens (tertiary/aromatic N) is 3. The summed E-state index contributed by atoms with van der Waals surface area (Å²) in [6.45, 7) is 2.61. The molecule has 1 saturated heterocycles. The Morgan fingerprint density at radius 1 is 1.45 bits per heavy atom. The van der Waals surface area contributed by atoms with E-state index in [1.807, 2.05) is 6.92 Å². The number of aliphatic carboxylic acids is 1. The van der Waals surface area contributed by atoms with Crippen molar-refractivity contribution in [3.05, 3.63) is 18.1 Å². The predicted molar refractivity (Wildman–Crippen MR) is 70.5 cm³/mol. The third-order valence-electron chi connectivity index (χ3n) is 3.46. The third kappa shape index (κ3) is 2.87. The van der Waals surface area contributed by atoms with Gasteiger partial charge in [0.2, 0.25) is 0 Å². The molecule has 1 aliphatic heterocycles. The molecule has 1 N–H and O–H groups in total. The van der Waals surface area contributed by atoms with E-state index in [4.69, 9.17) is 0 Å². The molecule has 0 spiro atoms. The molecule has 2 atom stereocenters. The molecule has 1 aliphatic rings. The van der Waals surface area contributed by atoms with Crippen molar-refractivity contribution in [1.29, 1.82) is 0 Å². The van der Waals surface area contributed by atoms with Crippen molar-refractivity contribution >= 4 is 17.8 Å². The number of piperidine rings is 1. The van der Waals surface area contributed by atoms with E-state index in [2.05, 4.69) is 14.7 Å². The van der Waals surface area contributed by atoms with Gasteiger partial charge in [0.1, 0.15) is 11.9 Å². The minimum Gasteiger partial charge on any atom is -0.480 e. The average Bonchev–Trinajstić information content (AvgIpc) is 2.46. The monoisotopic (exact) mass is 279 g/mol. The Balaban J connectivity index is 2.29. The summed E-state index contributed by atoms with van der Waals surface area (Å²) in [5, 5.41) is 9.33. The second kappa shape index (κ2) is 5.85. The summed E-state index contributed by atoms with van der Waals surface area (Å²) in [5.41, 5.74) is 0.0766. The normalized spacial score (nSPS) is 22.4. The second-order valence-corrected chi connectivity index (χ2v) is 4.93. The van der Waals surface area contributed by atoms with Gasteiger partial charge >= 0.3 is 11.9 Å². The van der Waals surface area contributed by atoms with Gasteiger partial charge in [0.05, 0.1) is 19.5 Å². The van der Waals surface area contributed by atoms with E-state index in [9.17, 15) is 14.7 Å². The number of ether oxygens (including phenoxy) is 1. The van der Waals surface area contributed by atoms with Crippen LogP contribution >= 0.6 is 0 Å². The number of esters is 1. The second-order valence-electron chi connectivity index (χ2n) is 4.93. The van der Waals surface area contributed by atoms with Crippen molar-refractivity contribution in [3.63, 3.8) is 0 Å². The summed E-state index contributed by atoms with van der Waals surface area (Å²) >= 11 is 0. The largest absolute Gasteiger partial charge is 0.480 e. The number of carbonyl (C=O) groups is 2. The number of aromatic nitrogens is 2. The molecule has 0 aliphatic carbocycles. The first-order valence-electron chi connectivity index (χ1n) is 6.42. The van der Waals surface area contributed by atoms with Crippen molar-refractivity contribution in [3.8, 4) is 0 Å². The average molecular weight is 279 g/mol. The standard InChI is InChI=1S/C13H17N3O4/c1-8-3-4-16(10(5-8)12(17)18)11-7-14-6-9(15-11)13(19)20-2/h6-8,10H,3-5H2,1-2H3,(H,17,18). The fourth-order valence-corrected chi connectivity index (χ4v) is 2.35. The van der Waals surface area contributed by atoms with Crippen LogP contribution in [0.3, 0.4) is 0 Å². The Labute approximate surface area is 116 Å². The molecule has 0 radical (unpaired) electrons. The van der Waals surface area contributed by atoms with Crippen molar-refractivity contribution in [1.82, 2.24) is 9.97 Å². The maximum atomic E-state index is 11.5. The number of anilines is 1. The molecule has 0 aromatic carbocycles. The zero-order chi connectivity index (χ0) is 14.7. The van der Waals surface area contributed by atoms with Crippen LogP contribution in [0.5, 0.6) is 0 Å². The van der Waals surface area contributed by atoms with Crippen LogP contribution in [-0.2, 0) is 9.53 Å². The number of carboxylic acids is 1. The van der Waals surface area contributed by atoms with E-state index in [-0.39, 0.29) is 5.69 Å². The zero-order valence-corrected chi connectivity index (χ0v) is 11.4. The highest BCUT2D eigenvalue weighted by Gasteiger charge is 2.33. The molecule has 20 heavy (non-hydrogen) atoms. The van der Waals surface area contributed by atoms with Crippen molar-refractivity contribution in [2.75, 3.05) is 18.6 Å². The molecule has 108 valence electrons. The molecule has 0 saturated carbocycles. The van der Waals surface area contributed by atoms with E-state index < -0.39 is 18.0 Å². The van der Waals surface area contributed by atoms with E-state index in [1.165, 1.54) is 19.5 Å². The Hall–Kier alpha value is -2.18. The number of hydrogen-bond acceptors (Lipinski definition) is 6. The van der Waals surface area contributed by atoms with Crippen LogP contribution < -0.4 is 4.90 Å². The fourth-order valence-electron chi connectivity index (χ4n) is 2.35. The van der Waals surface area contributed by atoms with Gasteiger partial charge in [0.25, 0.3) is 0 Å². The lowest BCUT2D eigenvalue weighted by atomic mass is 9.92. The van der Waals surface area contributed by atoms with Crippen molar-refractivity contribution in [2.24, 2.45) is 5.92 Å². The highest BCUT2D eigenvalue weighted by Crippen LogP contribution is 2.26. The van der Waals surface area contributed by atoms with Crippen LogP contribution in [0.15, 0.2) is 12.4 Å². The van der Waals surface area contributed by atoms with Gasteiger partial charge in [-0.1, -0.05) is 6.92 Å². The lowest BCUT2D eigenvalue weighted by Gasteiger charge is -2.36. The van der Waals surface area contributed by atoms with Gasteiger partial charge in [-0.05, 0) is 18.8 Å². The number of hydrogen-bond donors (Lipinski definition) is 1. The molecular formula is C13H17N3O4. The van der Waals surface area contributed by atoms with Crippen LogP contribution in [0.25, 0.3) is 0 Å². The van der Waals surface area contributed by atoms with E-state index in [0.29, 0.717) is 24.7 Å². The molecule has 7 heteroatoms. The predicted octanol–water partition coefficient (Wildman–Crippen LogP) is 0.953. The van der Waals surface area contributed by atoms with Gasteiger partial charge in [0, 0.05) is 6.54 Å². The van der Waals surface area contributed by atoms with Gasteiger partial charge in [-0.2, -0.15) is 0 Å². The van der Waals surface area contributed by atoms with Crippen LogP contribution in [0, 0.1) is 5.92 Å². The Morgan fingerprint density at radius 2 is 2.20 bits per heavy atom. The molecule has 1 aromatic heterocycles. The number of carbonyl (C=O) groups excluding carboxylic acids is 1. The molecule has 1 fully saturated rings. The van der Waals surface area contributed by atoms with Crippen LogP contribution in [0.2, 0.25) is 0 Å². The number of rotatable bonds is 3. The van der Waals surface area contributed by atoms with Gasteiger partial charge in [0.15, 0.2) is 5.69 Å². The SMILES string of the molecule is COC(=O)c1cncc(N2CCC(C)CC2C(=O)O)n1. The Bertz CT molecular complexity index is 520. The first-order chi connectivity index (χ1) is 9.52. The van der Waals surface area contributed by atoms with E-state index >= 15 is 0 Å². The summed E-state index contributed by atoms with van der Waals surface area (Å²) in [6.07, 6.45) is 4.21. The minimum absolute atomic E-state index is 0.0766. The quantitative estimate of drug-likeness (QED) is 0.823. The molecule has 7 nitrogen and oxygen atoms in total. The molecule has 1 aromatic rings. The maximum Gasteiger partial charge on any atom is 0.358 e. The fraction of sp³-hybridized carbons (Fsp3) is 0.538. The number of carboxylic acid groups (broad SMARTS) is 1. The summed E-state index contributed by atoms with van der Waals surface area (Å²) in [5.74, 6) is -0.727. The third-order valence-corrected chi connectivity index (χ3v) is 3.46. The molecule has 2 unspecified atom stereocenters. The first-order valence-corrected chi connectivity index (χ1v) is 6.42. The number of methoxy groups -OCH3 is 1. The lowest BCUT2D eigenvalue weighted by molar-refractivity contribution is -0.139. The summed E-state index contributed by atoms with van der Waals surface area (Å²) in [4.78, 5) is 32.6. The van der Waals surface area contributed by atoms with E-state index in [0.717, 1.165) is 6.42 Å². The highest BCUT2D eigenvalue weighted by molar-refractivity contribution is 5.87. The first kappa shape index (κ1) is 14.2. The lowest BCUT2D eigenvalue weighted by Crippen LogP contribution is -2.47. The van der Waals surface area contributed by atoms with Gasteiger partial charge in [-0.15, -0.1) is 0 Å². The maximum absolute atomic E-state index is 11.5. The highest BCUT2D eigenvalue weighted by atomic mass is 16.5. The Kier molecular flexibility index (Phi) is 4.16. The van der Waals surface area contributed by atoms with Crippen LogP contribution in [0.4, 0.5) is 5.82 Å². The van der Waals surface area contributed by atoms with Crippen LogP contribution in [-0.4, -0.2) is 46.7 Å². The van der Waals surface area contributed by atoms with Crippen molar-refractivity contribution in [2.45, 2.75) is 25.8 Å². The van der Waals surface area contributed by atoms with Crippen LogP contribution in [0.1, 0.15) is 30.3 Å². The summed E-state index contributed by atoms with van der Waals surface area (Å²) < 4.78 is 4.59. The Morgan fingerprint density at radius 3 is 2.85 bits per heavy atom. The van der Waals surface area contributed by atoms with Gasteiger partial charge in [-0.3, -0.25) is 4.98 Å². The molecule has 0 amide bonds.